The summed E-state index contributed by atoms with van der Waals surface area (Å²) in [4.78, 5) is 0. The highest BCUT2D eigenvalue weighted by atomic mass is 79.9. The van der Waals surface area contributed by atoms with E-state index in [1.807, 2.05) is 13.8 Å². The van der Waals surface area contributed by atoms with Crippen molar-refractivity contribution >= 4 is 27.5 Å². The molecule has 1 rings (SSSR count). The SMILES string of the molecule is CCC(CC)C(O)c1cc(Cl)c(Br)cc1F. The van der Waals surface area contributed by atoms with Gasteiger partial charge in [-0.05, 0) is 34.0 Å². The lowest BCUT2D eigenvalue weighted by atomic mass is 9.91. The van der Waals surface area contributed by atoms with E-state index in [1.165, 1.54) is 12.1 Å². The molecule has 0 aromatic heterocycles. The maximum Gasteiger partial charge on any atom is 0.130 e. The Bertz CT molecular complexity index is 366. The highest BCUT2D eigenvalue weighted by Crippen LogP contribution is 2.33. The highest BCUT2D eigenvalue weighted by molar-refractivity contribution is 9.10. The van der Waals surface area contributed by atoms with E-state index < -0.39 is 11.9 Å². The van der Waals surface area contributed by atoms with Gasteiger partial charge in [0.1, 0.15) is 5.82 Å². The Hall–Kier alpha value is -0.120. The Morgan fingerprint density at radius 1 is 1.38 bits per heavy atom. The molecular weight excluding hydrogens is 294 g/mol. The van der Waals surface area contributed by atoms with Crippen LogP contribution in [0.2, 0.25) is 5.02 Å². The van der Waals surface area contributed by atoms with Gasteiger partial charge in [-0.3, -0.25) is 0 Å². The van der Waals surface area contributed by atoms with Crippen molar-refractivity contribution in [1.82, 2.24) is 0 Å². The van der Waals surface area contributed by atoms with Crippen LogP contribution in [0.5, 0.6) is 0 Å². The molecule has 1 nitrogen and oxygen atoms in total. The second-order valence-electron chi connectivity index (χ2n) is 3.81. The third kappa shape index (κ3) is 2.96. The summed E-state index contributed by atoms with van der Waals surface area (Å²) < 4.78 is 14.2. The van der Waals surface area contributed by atoms with E-state index in [-0.39, 0.29) is 11.5 Å². The van der Waals surface area contributed by atoms with Crippen LogP contribution in [0.3, 0.4) is 0 Å². The van der Waals surface area contributed by atoms with Crippen LogP contribution in [-0.4, -0.2) is 5.11 Å². The van der Waals surface area contributed by atoms with Gasteiger partial charge in [-0.2, -0.15) is 0 Å². The number of hydrogen-bond acceptors (Lipinski definition) is 1. The molecule has 1 aromatic rings. The van der Waals surface area contributed by atoms with Crippen LogP contribution in [0.4, 0.5) is 4.39 Å². The Morgan fingerprint density at radius 2 is 1.94 bits per heavy atom. The molecule has 0 amide bonds. The van der Waals surface area contributed by atoms with Crippen molar-refractivity contribution in [2.45, 2.75) is 32.8 Å². The molecule has 16 heavy (non-hydrogen) atoms. The average Bonchev–Trinajstić information content (AvgIpc) is 2.25. The molecule has 0 saturated carbocycles. The lowest BCUT2D eigenvalue weighted by molar-refractivity contribution is 0.0996. The van der Waals surface area contributed by atoms with Crippen LogP contribution in [0.1, 0.15) is 38.4 Å². The summed E-state index contributed by atoms with van der Waals surface area (Å²) in [6.07, 6.45) is 0.830. The molecule has 0 spiro atoms. The first-order valence-electron chi connectivity index (χ1n) is 5.33. The summed E-state index contributed by atoms with van der Waals surface area (Å²) >= 11 is 9.04. The largest absolute Gasteiger partial charge is 0.388 e. The molecule has 90 valence electrons. The van der Waals surface area contributed by atoms with Gasteiger partial charge in [0.2, 0.25) is 0 Å². The van der Waals surface area contributed by atoms with Crippen LogP contribution < -0.4 is 0 Å². The molecule has 0 aliphatic heterocycles. The molecule has 4 heteroatoms. The van der Waals surface area contributed by atoms with Gasteiger partial charge in [-0.15, -0.1) is 0 Å². The topological polar surface area (TPSA) is 20.2 Å². The third-order valence-corrected chi connectivity index (χ3v) is 4.05. The van der Waals surface area contributed by atoms with Gasteiger partial charge in [0.05, 0.1) is 11.1 Å². The van der Waals surface area contributed by atoms with Crippen molar-refractivity contribution in [3.63, 3.8) is 0 Å². The fourth-order valence-electron chi connectivity index (χ4n) is 1.75. The van der Waals surface area contributed by atoms with Crippen LogP contribution in [0, 0.1) is 11.7 Å². The smallest absolute Gasteiger partial charge is 0.130 e. The Morgan fingerprint density at radius 3 is 2.44 bits per heavy atom. The van der Waals surface area contributed by atoms with Crippen molar-refractivity contribution in [2.75, 3.05) is 0 Å². The summed E-state index contributed by atoms with van der Waals surface area (Å²) in [6, 6.07) is 2.78. The second kappa shape index (κ2) is 5.99. The number of hydrogen-bond donors (Lipinski definition) is 1. The molecule has 1 unspecified atom stereocenters. The van der Waals surface area contributed by atoms with Gasteiger partial charge in [-0.25, -0.2) is 4.39 Å². The maximum absolute atomic E-state index is 13.7. The maximum atomic E-state index is 13.7. The van der Waals surface area contributed by atoms with Crippen molar-refractivity contribution < 1.29 is 9.50 Å². The van der Waals surface area contributed by atoms with E-state index in [4.69, 9.17) is 11.6 Å². The summed E-state index contributed by atoms with van der Waals surface area (Å²) in [7, 11) is 0. The van der Waals surface area contributed by atoms with Crippen molar-refractivity contribution in [1.29, 1.82) is 0 Å². The molecule has 0 heterocycles. The zero-order chi connectivity index (χ0) is 12.3. The normalized spacial score (nSPS) is 13.2. The lowest BCUT2D eigenvalue weighted by Gasteiger charge is -2.21. The number of rotatable bonds is 4. The van der Waals surface area contributed by atoms with E-state index in [0.717, 1.165) is 12.8 Å². The molecule has 0 bridgehead atoms. The van der Waals surface area contributed by atoms with Crippen molar-refractivity contribution in [3.05, 3.63) is 33.0 Å². The molecule has 0 aliphatic carbocycles. The highest BCUT2D eigenvalue weighted by Gasteiger charge is 2.21. The monoisotopic (exact) mass is 308 g/mol. The van der Waals surface area contributed by atoms with Crippen LogP contribution in [0.25, 0.3) is 0 Å². The average molecular weight is 310 g/mol. The molecule has 1 N–H and O–H groups in total. The molecule has 1 aromatic carbocycles. The van der Waals surface area contributed by atoms with Gasteiger partial charge in [-0.1, -0.05) is 38.3 Å². The Kier molecular flexibility index (Phi) is 5.22. The summed E-state index contributed by atoms with van der Waals surface area (Å²) in [5.74, 6) is -0.359. The number of aliphatic hydroxyl groups is 1. The number of benzene rings is 1. The van der Waals surface area contributed by atoms with Gasteiger partial charge in [0, 0.05) is 10.0 Å². The van der Waals surface area contributed by atoms with E-state index in [9.17, 15) is 9.50 Å². The fraction of sp³-hybridized carbons (Fsp3) is 0.500. The minimum Gasteiger partial charge on any atom is -0.388 e. The van der Waals surface area contributed by atoms with E-state index in [1.54, 1.807) is 0 Å². The van der Waals surface area contributed by atoms with Crippen LogP contribution in [-0.2, 0) is 0 Å². The summed E-state index contributed by atoms with van der Waals surface area (Å²) in [6.45, 7) is 3.96. The minimum atomic E-state index is -0.791. The zero-order valence-corrected chi connectivity index (χ0v) is 11.6. The first-order valence-corrected chi connectivity index (χ1v) is 6.50. The number of aliphatic hydroxyl groups excluding tert-OH is 1. The Labute approximate surface area is 109 Å². The van der Waals surface area contributed by atoms with E-state index in [2.05, 4.69) is 15.9 Å². The predicted octanol–water partition coefficient (Wildman–Crippen LogP) is 4.71. The standard InChI is InChI=1S/C12H15BrClFO/c1-3-7(4-2)12(16)8-5-10(14)9(13)6-11(8)15/h5-7,12,16H,3-4H2,1-2H3. The molecule has 0 aliphatic rings. The van der Waals surface area contributed by atoms with Gasteiger partial charge in [0.25, 0.3) is 0 Å². The predicted molar refractivity (Wildman–Crippen MR) is 68.1 cm³/mol. The third-order valence-electron chi connectivity index (χ3n) is 2.85. The van der Waals surface area contributed by atoms with E-state index in [0.29, 0.717) is 9.50 Å². The van der Waals surface area contributed by atoms with E-state index >= 15 is 0 Å². The molecule has 0 radical (unpaired) electrons. The molecule has 0 saturated heterocycles. The van der Waals surface area contributed by atoms with Crippen molar-refractivity contribution in [3.8, 4) is 0 Å². The quantitative estimate of drug-likeness (QED) is 0.799. The zero-order valence-electron chi connectivity index (χ0n) is 9.30. The van der Waals surface area contributed by atoms with Gasteiger partial charge in [0.15, 0.2) is 0 Å². The second-order valence-corrected chi connectivity index (χ2v) is 5.07. The summed E-state index contributed by atoms with van der Waals surface area (Å²) in [5.41, 5.74) is 0.280. The minimum absolute atomic E-state index is 0.0618. The lowest BCUT2D eigenvalue weighted by Crippen LogP contribution is -2.12. The van der Waals surface area contributed by atoms with Gasteiger partial charge >= 0.3 is 0 Å². The fourth-order valence-corrected chi connectivity index (χ4v) is 2.24. The summed E-state index contributed by atoms with van der Waals surface area (Å²) in [5, 5.41) is 10.5. The van der Waals surface area contributed by atoms with Crippen LogP contribution >= 0.6 is 27.5 Å². The first kappa shape index (κ1) is 13.9. The first-order chi connectivity index (χ1) is 7.51. The molecular formula is C12H15BrClFO. The number of halogens is 3. The van der Waals surface area contributed by atoms with Crippen molar-refractivity contribution in [2.24, 2.45) is 5.92 Å². The Balaban J connectivity index is 3.07. The molecule has 1 atom stereocenters. The molecule has 0 fully saturated rings. The van der Waals surface area contributed by atoms with Gasteiger partial charge < -0.3 is 5.11 Å². The van der Waals surface area contributed by atoms with Crippen LogP contribution in [0.15, 0.2) is 16.6 Å².